The van der Waals surface area contributed by atoms with Crippen molar-refractivity contribution in [3.63, 3.8) is 0 Å². The normalized spacial score (nSPS) is 13.6. The maximum atomic E-state index is 7.75. The number of aromatic nitrogens is 1. The predicted molar refractivity (Wildman–Crippen MR) is 139 cm³/mol. The van der Waals surface area contributed by atoms with Crippen LogP contribution >= 0.6 is 11.3 Å². The molecule has 0 aliphatic heterocycles. The van der Waals surface area contributed by atoms with Gasteiger partial charge in [0, 0.05) is 18.3 Å². The van der Waals surface area contributed by atoms with Gasteiger partial charge in [0.2, 0.25) is 0 Å². The van der Waals surface area contributed by atoms with Gasteiger partial charge in [-0.15, -0.1) is 17.3 Å². The lowest BCUT2D eigenvalue weighted by Crippen LogP contribution is -2.06. The van der Waals surface area contributed by atoms with Gasteiger partial charge in [-0.3, -0.25) is 10.5 Å². The van der Waals surface area contributed by atoms with Gasteiger partial charge < -0.3 is 15.6 Å². The molecule has 0 fully saturated rings. The molecule has 1 aromatic heterocycles. The second-order valence-corrected chi connectivity index (χ2v) is 9.14. The third-order valence-corrected chi connectivity index (χ3v) is 6.40. The lowest BCUT2D eigenvalue weighted by atomic mass is 9.99. The summed E-state index contributed by atoms with van der Waals surface area (Å²) in [5, 5.41) is 20.8. The van der Waals surface area contributed by atoms with E-state index in [0.717, 1.165) is 28.3 Å². The smallest absolute Gasteiger partial charge is 0.135 e. The number of aliphatic hydroxyl groups excluding tert-OH is 1. The molecule has 6 nitrogen and oxygen atoms in total. The number of benzene rings is 2. The summed E-state index contributed by atoms with van der Waals surface area (Å²) in [6, 6.07) is 12.9. The molecule has 3 aromatic rings. The SMILES string of the molecule is CC#Cc1cc(-c2ncc(-c3cccc4c3CCC4C)s2)ccc1OC(C)C.NCCO.OO. The number of rotatable bonds is 5. The third-order valence-electron chi connectivity index (χ3n) is 5.32. The first-order chi connectivity index (χ1) is 16.5. The monoisotopic (exact) mass is 482 g/mol. The van der Waals surface area contributed by atoms with Crippen molar-refractivity contribution in [1.29, 1.82) is 0 Å². The van der Waals surface area contributed by atoms with E-state index in [1.165, 1.54) is 28.0 Å². The molecule has 1 heterocycles. The number of ether oxygens (including phenoxy) is 1. The molecule has 1 atom stereocenters. The average Bonchev–Trinajstić information content (AvgIpc) is 3.49. The minimum atomic E-state index is 0.0972. The van der Waals surface area contributed by atoms with Crippen molar-refractivity contribution in [1.82, 2.24) is 4.98 Å². The van der Waals surface area contributed by atoms with Crippen LogP contribution < -0.4 is 10.5 Å². The summed E-state index contributed by atoms with van der Waals surface area (Å²) in [6.07, 6.45) is 4.55. The summed E-state index contributed by atoms with van der Waals surface area (Å²) in [7, 11) is 0. The van der Waals surface area contributed by atoms with E-state index in [-0.39, 0.29) is 12.7 Å². The molecule has 0 saturated carbocycles. The molecule has 1 aliphatic carbocycles. The van der Waals surface area contributed by atoms with Gasteiger partial charge in [-0.2, -0.15) is 0 Å². The maximum absolute atomic E-state index is 7.75. The van der Waals surface area contributed by atoms with E-state index in [9.17, 15) is 0 Å². The fourth-order valence-corrected chi connectivity index (χ4v) is 4.84. The Morgan fingerprint density at radius 1 is 1.24 bits per heavy atom. The molecular weight excluding hydrogens is 448 g/mol. The van der Waals surface area contributed by atoms with Gasteiger partial charge in [0.05, 0.1) is 23.2 Å². The maximum Gasteiger partial charge on any atom is 0.135 e. The van der Waals surface area contributed by atoms with Crippen molar-refractivity contribution < 1.29 is 20.4 Å². The summed E-state index contributed by atoms with van der Waals surface area (Å²) < 4.78 is 5.90. The molecule has 7 heteroatoms. The highest BCUT2D eigenvalue weighted by atomic mass is 32.1. The van der Waals surface area contributed by atoms with Crippen LogP contribution in [0.15, 0.2) is 42.6 Å². The fraction of sp³-hybridized carbons (Fsp3) is 0.370. The number of nitrogens with zero attached hydrogens (tertiary/aromatic N) is 1. The fourth-order valence-electron chi connectivity index (χ4n) is 3.88. The number of aliphatic hydroxyl groups is 1. The Hall–Kier alpha value is -2.73. The molecule has 0 bridgehead atoms. The molecule has 5 N–H and O–H groups in total. The first-order valence-corrected chi connectivity index (χ1v) is 12.1. The van der Waals surface area contributed by atoms with Gasteiger partial charge in [-0.25, -0.2) is 4.98 Å². The molecule has 1 unspecified atom stereocenters. The second-order valence-electron chi connectivity index (χ2n) is 8.11. The summed E-state index contributed by atoms with van der Waals surface area (Å²) >= 11 is 1.75. The van der Waals surface area contributed by atoms with Crippen LogP contribution in [0.2, 0.25) is 0 Å². The minimum absolute atomic E-state index is 0.0972. The Kier molecular flexibility index (Phi) is 11.2. The molecule has 0 saturated heterocycles. The lowest BCUT2D eigenvalue weighted by molar-refractivity contribution is -0.176. The summed E-state index contributed by atoms with van der Waals surface area (Å²) in [5.41, 5.74) is 11.1. The van der Waals surface area contributed by atoms with Gasteiger partial charge >= 0.3 is 0 Å². The van der Waals surface area contributed by atoms with Crippen molar-refractivity contribution in [2.45, 2.75) is 52.6 Å². The van der Waals surface area contributed by atoms with Crippen LogP contribution in [0.3, 0.4) is 0 Å². The van der Waals surface area contributed by atoms with Crippen LogP contribution in [-0.4, -0.2) is 39.9 Å². The van der Waals surface area contributed by atoms with Crippen molar-refractivity contribution >= 4 is 11.3 Å². The highest BCUT2D eigenvalue weighted by Gasteiger charge is 2.22. The summed E-state index contributed by atoms with van der Waals surface area (Å²) in [5.74, 6) is 7.65. The van der Waals surface area contributed by atoms with E-state index >= 15 is 0 Å². The number of thiazole rings is 1. The van der Waals surface area contributed by atoms with E-state index < -0.39 is 0 Å². The van der Waals surface area contributed by atoms with Gasteiger partial charge in [0.25, 0.3) is 0 Å². The number of hydrogen-bond donors (Lipinski definition) is 4. The van der Waals surface area contributed by atoms with E-state index in [0.29, 0.717) is 12.5 Å². The summed E-state index contributed by atoms with van der Waals surface area (Å²) in [4.78, 5) is 5.97. The van der Waals surface area contributed by atoms with Crippen molar-refractivity contribution in [3.8, 4) is 38.6 Å². The molecule has 1 aliphatic rings. The Bertz CT molecular complexity index is 1110. The van der Waals surface area contributed by atoms with Gasteiger partial charge in [0.1, 0.15) is 10.8 Å². The van der Waals surface area contributed by atoms with E-state index in [4.69, 9.17) is 31.1 Å². The first-order valence-electron chi connectivity index (χ1n) is 11.3. The predicted octanol–water partition coefficient (Wildman–Crippen LogP) is 5.64. The lowest BCUT2D eigenvalue weighted by Gasteiger charge is -2.12. The van der Waals surface area contributed by atoms with Crippen LogP contribution in [0.25, 0.3) is 21.0 Å². The number of hydrogen-bond acceptors (Lipinski definition) is 7. The highest BCUT2D eigenvalue weighted by molar-refractivity contribution is 7.18. The standard InChI is InChI=1S/C25H25NOS.C2H7NO.H2O2/c1-5-7-18-14-19(11-13-23(18)27-16(2)3)25-26-15-24(28-25)22-9-6-8-20-17(4)10-12-21(20)22;3-1-2-4;1-2/h6,8-9,11,13-17H,10,12H2,1-4H3;4H,1-3H2;1-2H. The van der Waals surface area contributed by atoms with Crippen molar-refractivity contribution in [2.75, 3.05) is 13.2 Å². The zero-order valence-corrected chi connectivity index (χ0v) is 21.0. The molecule has 0 amide bonds. The zero-order chi connectivity index (χ0) is 25.1. The van der Waals surface area contributed by atoms with Crippen LogP contribution in [-0.2, 0) is 6.42 Å². The Balaban J connectivity index is 0.000000618. The van der Waals surface area contributed by atoms with Crippen LogP contribution in [0.4, 0.5) is 0 Å². The molecule has 2 aromatic carbocycles. The van der Waals surface area contributed by atoms with Crippen molar-refractivity contribution in [3.05, 3.63) is 59.3 Å². The van der Waals surface area contributed by atoms with Crippen LogP contribution in [0.1, 0.15) is 56.7 Å². The highest BCUT2D eigenvalue weighted by Crippen LogP contribution is 2.41. The molecule has 34 heavy (non-hydrogen) atoms. The Morgan fingerprint density at radius 3 is 2.62 bits per heavy atom. The van der Waals surface area contributed by atoms with Gasteiger partial charge in [-0.1, -0.05) is 31.0 Å². The second kappa shape index (κ2) is 13.9. The quantitative estimate of drug-likeness (QED) is 0.213. The molecule has 182 valence electrons. The van der Waals surface area contributed by atoms with Gasteiger partial charge in [0.15, 0.2) is 0 Å². The summed E-state index contributed by atoms with van der Waals surface area (Å²) in [6.45, 7) is 8.71. The first kappa shape index (κ1) is 27.5. The van der Waals surface area contributed by atoms with Crippen LogP contribution in [0.5, 0.6) is 5.75 Å². The van der Waals surface area contributed by atoms with Crippen molar-refractivity contribution in [2.24, 2.45) is 5.73 Å². The average molecular weight is 483 g/mol. The van der Waals surface area contributed by atoms with Crippen LogP contribution in [0, 0.1) is 11.8 Å². The zero-order valence-electron chi connectivity index (χ0n) is 20.2. The Labute approximate surface area is 206 Å². The number of fused-ring (bicyclic) bond motifs is 1. The third kappa shape index (κ3) is 6.89. The number of nitrogens with two attached hydrogens (primary N) is 1. The van der Waals surface area contributed by atoms with E-state index in [2.05, 4.69) is 49.1 Å². The topological polar surface area (TPSA) is 109 Å². The molecule has 4 rings (SSSR count). The van der Waals surface area contributed by atoms with E-state index in [1.54, 1.807) is 11.3 Å². The molecule has 0 spiro atoms. The molecular formula is C27H34N2O4S. The Morgan fingerprint density at radius 2 is 1.97 bits per heavy atom. The minimum Gasteiger partial charge on any atom is -0.490 e. The van der Waals surface area contributed by atoms with Gasteiger partial charge in [-0.05, 0) is 74.4 Å². The van der Waals surface area contributed by atoms with E-state index in [1.807, 2.05) is 33.0 Å². The molecule has 0 radical (unpaired) electrons. The largest absolute Gasteiger partial charge is 0.490 e.